The molecule has 5 heteroatoms. The van der Waals surface area contributed by atoms with Gasteiger partial charge in [-0.3, -0.25) is 9.59 Å². The number of hydrogen-bond acceptors (Lipinski definition) is 2. The number of nitrogens with one attached hydrogen (secondary N) is 1. The van der Waals surface area contributed by atoms with E-state index in [1.807, 2.05) is 30.3 Å². The second-order valence-electron chi connectivity index (χ2n) is 5.34. The fourth-order valence-electron chi connectivity index (χ4n) is 2.25. The van der Waals surface area contributed by atoms with Crippen molar-refractivity contribution in [3.05, 3.63) is 71.5 Å². The average Bonchev–Trinajstić information content (AvgIpc) is 2.55. The molecular formula is C18H19FN2O2. The number of amides is 2. The fraction of sp³-hybridized carbons (Fsp3) is 0.222. The summed E-state index contributed by atoms with van der Waals surface area (Å²) in [6, 6.07) is 14.6. The summed E-state index contributed by atoms with van der Waals surface area (Å²) >= 11 is 0. The van der Waals surface area contributed by atoms with Gasteiger partial charge in [0.25, 0.3) is 0 Å². The maximum atomic E-state index is 12.9. The van der Waals surface area contributed by atoms with Crippen LogP contribution in [0.4, 0.5) is 4.39 Å². The van der Waals surface area contributed by atoms with Crippen molar-refractivity contribution in [2.45, 2.75) is 25.3 Å². The minimum atomic E-state index is -0.802. The quantitative estimate of drug-likeness (QED) is 0.820. The Bertz CT molecular complexity index is 656. The maximum Gasteiger partial charge on any atom is 0.240 e. The van der Waals surface area contributed by atoms with E-state index >= 15 is 0 Å². The highest BCUT2D eigenvalue weighted by Crippen LogP contribution is 2.07. The number of carbonyl (C=O) groups excluding carboxylic acids is 2. The van der Waals surface area contributed by atoms with Crippen LogP contribution in [0, 0.1) is 5.82 Å². The molecule has 0 bridgehead atoms. The predicted octanol–water partition coefficient (Wildman–Crippen LogP) is 1.97. The van der Waals surface area contributed by atoms with Crippen LogP contribution in [-0.2, 0) is 22.4 Å². The molecule has 0 aliphatic rings. The number of primary amides is 1. The average molecular weight is 314 g/mol. The van der Waals surface area contributed by atoms with Crippen LogP contribution in [0.15, 0.2) is 54.6 Å². The Morgan fingerprint density at radius 2 is 1.65 bits per heavy atom. The van der Waals surface area contributed by atoms with Gasteiger partial charge in [-0.1, -0.05) is 42.5 Å². The van der Waals surface area contributed by atoms with E-state index in [2.05, 4.69) is 5.32 Å². The van der Waals surface area contributed by atoms with Gasteiger partial charge in [-0.2, -0.15) is 0 Å². The Hall–Kier alpha value is -2.69. The van der Waals surface area contributed by atoms with E-state index in [1.165, 1.54) is 12.1 Å². The van der Waals surface area contributed by atoms with Crippen LogP contribution in [0.2, 0.25) is 0 Å². The minimum Gasteiger partial charge on any atom is -0.368 e. The Morgan fingerprint density at radius 1 is 1.00 bits per heavy atom. The van der Waals surface area contributed by atoms with Crippen LogP contribution in [0.3, 0.4) is 0 Å². The molecule has 3 N–H and O–H groups in total. The summed E-state index contributed by atoms with van der Waals surface area (Å²) in [4.78, 5) is 23.5. The number of rotatable bonds is 7. The van der Waals surface area contributed by atoms with Gasteiger partial charge < -0.3 is 11.1 Å². The Morgan fingerprint density at radius 3 is 2.26 bits per heavy atom. The molecular weight excluding hydrogens is 295 g/mol. The van der Waals surface area contributed by atoms with Crippen molar-refractivity contribution in [2.75, 3.05) is 0 Å². The first-order valence-electron chi connectivity index (χ1n) is 7.41. The third-order valence-corrected chi connectivity index (χ3v) is 3.52. The van der Waals surface area contributed by atoms with Crippen LogP contribution in [0.1, 0.15) is 17.5 Å². The van der Waals surface area contributed by atoms with Gasteiger partial charge in [-0.25, -0.2) is 4.39 Å². The van der Waals surface area contributed by atoms with E-state index < -0.39 is 11.9 Å². The molecule has 0 heterocycles. The number of carbonyl (C=O) groups is 2. The normalized spacial score (nSPS) is 11.7. The topological polar surface area (TPSA) is 72.2 Å². The maximum absolute atomic E-state index is 12.9. The lowest BCUT2D eigenvalue weighted by Crippen LogP contribution is -2.45. The van der Waals surface area contributed by atoms with E-state index in [9.17, 15) is 14.0 Å². The zero-order valence-electron chi connectivity index (χ0n) is 12.7. The van der Waals surface area contributed by atoms with E-state index in [1.54, 1.807) is 12.1 Å². The Kier molecular flexibility index (Phi) is 5.86. The molecule has 0 aliphatic heterocycles. The van der Waals surface area contributed by atoms with Gasteiger partial charge in [0.1, 0.15) is 11.9 Å². The van der Waals surface area contributed by atoms with Crippen LogP contribution >= 0.6 is 0 Å². The minimum absolute atomic E-state index is 0.236. The van der Waals surface area contributed by atoms with Crippen molar-refractivity contribution >= 4 is 11.8 Å². The fourth-order valence-corrected chi connectivity index (χ4v) is 2.25. The van der Waals surface area contributed by atoms with E-state index in [4.69, 9.17) is 5.73 Å². The molecule has 0 aliphatic carbocycles. The van der Waals surface area contributed by atoms with Crippen molar-refractivity contribution < 1.29 is 14.0 Å². The van der Waals surface area contributed by atoms with Gasteiger partial charge in [0.15, 0.2) is 0 Å². The zero-order valence-corrected chi connectivity index (χ0v) is 12.7. The van der Waals surface area contributed by atoms with Crippen molar-refractivity contribution in [1.29, 1.82) is 0 Å². The second kappa shape index (κ2) is 8.08. The smallest absolute Gasteiger partial charge is 0.240 e. The van der Waals surface area contributed by atoms with Crippen LogP contribution in [0.5, 0.6) is 0 Å². The molecule has 120 valence electrons. The van der Waals surface area contributed by atoms with E-state index in [0.717, 1.165) is 11.1 Å². The highest BCUT2D eigenvalue weighted by molar-refractivity contribution is 5.86. The summed E-state index contributed by atoms with van der Waals surface area (Å²) in [5.74, 6) is -1.20. The highest BCUT2D eigenvalue weighted by atomic mass is 19.1. The standard InChI is InChI=1S/C18H19FN2O2/c19-15-9-6-14(7-10-15)12-16(18(20)23)21-17(22)11-8-13-4-2-1-3-5-13/h1-7,9-10,16H,8,11-12H2,(H2,20,23)(H,21,22)/t16-/m1/s1. The van der Waals surface area contributed by atoms with Crippen molar-refractivity contribution in [3.8, 4) is 0 Å². The van der Waals surface area contributed by atoms with Crippen molar-refractivity contribution in [2.24, 2.45) is 5.73 Å². The number of aryl methyl sites for hydroxylation is 1. The summed E-state index contributed by atoms with van der Waals surface area (Å²) in [6.45, 7) is 0. The summed E-state index contributed by atoms with van der Waals surface area (Å²) in [5, 5.41) is 2.64. The molecule has 0 aromatic heterocycles. The predicted molar refractivity (Wildman–Crippen MR) is 86.0 cm³/mol. The van der Waals surface area contributed by atoms with Gasteiger partial charge >= 0.3 is 0 Å². The molecule has 4 nitrogen and oxygen atoms in total. The summed E-state index contributed by atoms with van der Waals surface area (Å²) < 4.78 is 12.9. The summed E-state index contributed by atoms with van der Waals surface area (Å²) in [6.07, 6.45) is 1.11. The lowest BCUT2D eigenvalue weighted by atomic mass is 10.0. The third-order valence-electron chi connectivity index (χ3n) is 3.52. The van der Waals surface area contributed by atoms with Crippen molar-refractivity contribution in [3.63, 3.8) is 0 Å². The molecule has 2 amide bonds. The molecule has 0 saturated carbocycles. The first-order valence-corrected chi connectivity index (χ1v) is 7.41. The second-order valence-corrected chi connectivity index (χ2v) is 5.34. The molecule has 23 heavy (non-hydrogen) atoms. The molecule has 0 fully saturated rings. The molecule has 0 unspecified atom stereocenters. The van der Waals surface area contributed by atoms with Gasteiger partial charge in [-0.15, -0.1) is 0 Å². The molecule has 2 rings (SSSR count). The lowest BCUT2D eigenvalue weighted by molar-refractivity contribution is -0.127. The largest absolute Gasteiger partial charge is 0.368 e. The van der Waals surface area contributed by atoms with Crippen LogP contribution < -0.4 is 11.1 Å². The van der Waals surface area contributed by atoms with Gasteiger partial charge in [0, 0.05) is 12.8 Å². The van der Waals surface area contributed by atoms with E-state index in [-0.39, 0.29) is 24.6 Å². The summed E-state index contributed by atoms with van der Waals surface area (Å²) in [5.41, 5.74) is 7.13. The zero-order chi connectivity index (χ0) is 16.7. The van der Waals surface area contributed by atoms with Gasteiger partial charge in [-0.05, 0) is 29.7 Å². The molecule has 0 spiro atoms. The van der Waals surface area contributed by atoms with Crippen molar-refractivity contribution in [1.82, 2.24) is 5.32 Å². The molecule has 2 aromatic rings. The van der Waals surface area contributed by atoms with Crippen LogP contribution in [-0.4, -0.2) is 17.9 Å². The molecule has 2 aromatic carbocycles. The Labute approximate surface area is 134 Å². The Balaban J connectivity index is 1.89. The molecule has 0 saturated heterocycles. The van der Waals surface area contributed by atoms with Gasteiger partial charge in [0.2, 0.25) is 11.8 Å². The lowest BCUT2D eigenvalue weighted by Gasteiger charge is -2.15. The molecule has 0 radical (unpaired) electrons. The highest BCUT2D eigenvalue weighted by Gasteiger charge is 2.18. The first-order chi connectivity index (χ1) is 11.0. The van der Waals surface area contributed by atoms with Gasteiger partial charge in [0.05, 0.1) is 0 Å². The first kappa shape index (κ1) is 16.7. The number of halogens is 1. The number of hydrogen-bond donors (Lipinski definition) is 2. The SMILES string of the molecule is NC(=O)[C@@H](Cc1ccc(F)cc1)NC(=O)CCc1ccccc1. The third kappa shape index (κ3) is 5.54. The monoisotopic (exact) mass is 314 g/mol. The number of nitrogens with two attached hydrogens (primary N) is 1. The number of benzene rings is 2. The summed E-state index contributed by atoms with van der Waals surface area (Å²) in [7, 11) is 0. The molecule has 1 atom stereocenters. The van der Waals surface area contributed by atoms with E-state index in [0.29, 0.717) is 6.42 Å². The van der Waals surface area contributed by atoms with Crippen LogP contribution in [0.25, 0.3) is 0 Å².